The van der Waals surface area contributed by atoms with Crippen LogP contribution in [-0.4, -0.2) is 34.9 Å². The lowest BCUT2D eigenvalue weighted by atomic mass is 9.60. The number of likely N-dealkylation sites (tertiary alicyclic amines) is 1. The van der Waals surface area contributed by atoms with Gasteiger partial charge in [0.15, 0.2) is 5.79 Å². The standard InChI is InChI=1S/C22H32N2O3/c1-14-8-9-18-15(2)20(25)24(13-16-7-5-6-12-23-16)21-19(18)17(14)10-11-22(3,26-4)27-21/h5-7,12,14-15,17-19,21H,8-11,13H2,1-4H3/t14-,15-,17+,18?,19?,21-,22-/m1/s1. The van der Waals surface area contributed by atoms with E-state index in [4.69, 9.17) is 9.47 Å². The van der Waals surface area contributed by atoms with Crippen LogP contribution < -0.4 is 0 Å². The van der Waals surface area contributed by atoms with Gasteiger partial charge >= 0.3 is 0 Å². The highest BCUT2D eigenvalue weighted by molar-refractivity contribution is 5.80. The van der Waals surface area contributed by atoms with Gasteiger partial charge in [-0.1, -0.05) is 26.3 Å². The molecule has 1 aromatic heterocycles. The van der Waals surface area contributed by atoms with Gasteiger partial charge in [-0.2, -0.15) is 0 Å². The molecule has 27 heavy (non-hydrogen) atoms. The summed E-state index contributed by atoms with van der Waals surface area (Å²) in [5, 5.41) is 0. The number of carbonyl (C=O) groups is 1. The van der Waals surface area contributed by atoms with Gasteiger partial charge in [-0.05, 0) is 49.7 Å². The van der Waals surface area contributed by atoms with Crippen LogP contribution >= 0.6 is 0 Å². The van der Waals surface area contributed by atoms with Crippen LogP contribution in [0.15, 0.2) is 24.4 Å². The van der Waals surface area contributed by atoms with Crippen molar-refractivity contribution >= 4 is 5.91 Å². The van der Waals surface area contributed by atoms with E-state index in [0.29, 0.717) is 30.2 Å². The number of piperidine rings is 1. The molecule has 3 heterocycles. The number of hydrogen-bond acceptors (Lipinski definition) is 4. The van der Waals surface area contributed by atoms with Gasteiger partial charge in [0, 0.05) is 31.6 Å². The Bertz CT molecular complexity index is 681. The summed E-state index contributed by atoms with van der Waals surface area (Å²) >= 11 is 0. The molecule has 1 aromatic rings. The monoisotopic (exact) mass is 372 g/mol. The molecule has 5 nitrogen and oxygen atoms in total. The quantitative estimate of drug-likeness (QED) is 0.809. The van der Waals surface area contributed by atoms with Gasteiger partial charge in [0.2, 0.25) is 5.91 Å². The van der Waals surface area contributed by atoms with Crippen LogP contribution in [0.25, 0.3) is 0 Å². The van der Waals surface area contributed by atoms with E-state index in [1.54, 1.807) is 13.3 Å². The molecule has 2 aliphatic heterocycles. The lowest BCUT2D eigenvalue weighted by Gasteiger charge is -2.53. The highest BCUT2D eigenvalue weighted by Gasteiger charge is 2.56. The van der Waals surface area contributed by atoms with E-state index < -0.39 is 5.79 Å². The van der Waals surface area contributed by atoms with Gasteiger partial charge < -0.3 is 14.4 Å². The summed E-state index contributed by atoms with van der Waals surface area (Å²) < 4.78 is 12.4. The first-order chi connectivity index (χ1) is 12.9. The van der Waals surface area contributed by atoms with Crippen molar-refractivity contribution in [1.29, 1.82) is 0 Å². The summed E-state index contributed by atoms with van der Waals surface area (Å²) in [7, 11) is 1.71. The van der Waals surface area contributed by atoms with Crippen LogP contribution in [0.2, 0.25) is 0 Å². The first-order valence-electron chi connectivity index (χ1n) is 10.4. The van der Waals surface area contributed by atoms with Crippen molar-refractivity contribution < 1.29 is 14.3 Å². The van der Waals surface area contributed by atoms with E-state index in [-0.39, 0.29) is 18.1 Å². The molecule has 0 radical (unpaired) electrons. The van der Waals surface area contributed by atoms with Gasteiger partial charge in [0.05, 0.1) is 12.2 Å². The van der Waals surface area contributed by atoms with E-state index in [1.807, 2.05) is 30.0 Å². The highest BCUT2D eigenvalue weighted by atomic mass is 16.7. The molecule has 2 saturated heterocycles. The summed E-state index contributed by atoms with van der Waals surface area (Å²) in [5.41, 5.74) is 0.906. The number of hydrogen-bond donors (Lipinski definition) is 0. The second-order valence-electron chi connectivity index (χ2n) is 8.92. The lowest BCUT2D eigenvalue weighted by Crippen LogP contribution is -2.61. The maximum atomic E-state index is 13.4. The molecule has 5 heteroatoms. The van der Waals surface area contributed by atoms with Crippen molar-refractivity contribution in [2.45, 2.75) is 65.0 Å². The van der Waals surface area contributed by atoms with Crippen LogP contribution in [0.4, 0.5) is 0 Å². The SMILES string of the molecule is CO[C@@]1(C)CC[C@@H]2C3C(CC[C@H]2C)[C@@H](C)C(=O)N(Cc2ccccn2)[C@@H]3O1. The molecule has 1 amide bonds. The van der Waals surface area contributed by atoms with Crippen molar-refractivity contribution in [2.24, 2.45) is 29.6 Å². The number of rotatable bonds is 3. The normalized spacial score (nSPS) is 41.8. The highest BCUT2D eigenvalue weighted by Crippen LogP contribution is 2.53. The van der Waals surface area contributed by atoms with Crippen molar-refractivity contribution in [3.8, 4) is 0 Å². The number of ether oxygens (including phenoxy) is 2. The Hall–Kier alpha value is -1.46. The van der Waals surface area contributed by atoms with Crippen molar-refractivity contribution in [1.82, 2.24) is 9.88 Å². The van der Waals surface area contributed by atoms with E-state index in [0.717, 1.165) is 25.0 Å². The first kappa shape index (κ1) is 18.9. The van der Waals surface area contributed by atoms with Crippen LogP contribution in [-0.2, 0) is 20.8 Å². The summed E-state index contributed by atoms with van der Waals surface area (Å²) in [6.45, 7) is 7.00. The molecule has 1 saturated carbocycles. The van der Waals surface area contributed by atoms with Gasteiger partial charge in [0.25, 0.3) is 0 Å². The topological polar surface area (TPSA) is 51.7 Å². The number of carbonyl (C=O) groups excluding carboxylic acids is 1. The summed E-state index contributed by atoms with van der Waals surface area (Å²) in [6, 6.07) is 5.86. The largest absolute Gasteiger partial charge is 0.353 e. The smallest absolute Gasteiger partial charge is 0.228 e. The van der Waals surface area contributed by atoms with Gasteiger partial charge in [-0.25, -0.2) is 0 Å². The van der Waals surface area contributed by atoms with Crippen LogP contribution in [0, 0.1) is 29.6 Å². The average molecular weight is 373 g/mol. The minimum atomic E-state index is -0.643. The summed E-state index contributed by atoms with van der Waals surface area (Å²) in [5.74, 6) is 1.61. The zero-order chi connectivity index (χ0) is 19.2. The zero-order valence-corrected chi connectivity index (χ0v) is 16.9. The minimum Gasteiger partial charge on any atom is -0.353 e. The molecule has 0 aromatic carbocycles. The van der Waals surface area contributed by atoms with Crippen LogP contribution in [0.5, 0.6) is 0 Å². The predicted octanol–water partition coefficient (Wildman–Crippen LogP) is 3.84. The van der Waals surface area contributed by atoms with E-state index in [9.17, 15) is 4.79 Å². The van der Waals surface area contributed by atoms with Crippen LogP contribution in [0.1, 0.15) is 52.1 Å². The summed E-state index contributed by atoms with van der Waals surface area (Å²) in [6.07, 6.45) is 5.85. The maximum absolute atomic E-state index is 13.4. The average Bonchev–Trinajstić information content (AvgIpc) is 2.84. The third-order valence-corrected chi connectivity index (χ3v) is 7.42. The molecular formula is C22H32N2O3. The molecule has 0 bridgehead atoms. The Kier molecular flexibility index (Phi) is 5.02. The maximum Gasteiger partial charge on any atom is 0.228 e. The lowest BCUT2D eigenvalue weighted by molar-refractivity contribution is -0.282. The van der Waals surface area contributed by atoms with Crippen molar-refractivity contribution in [3.63, 3.8) is 0 Å². The van der Waals surface area contributed by atoms with Gasteiger partial charge in [-0.3, -0.25) is 9.78 Å². The molecule has 3 aliphatic rings. The Morgan fingerprint density at radius 1 is 1.26 bits per heavy atom. The van der Waals surface area contributed by atoms with Crippen molar-refractivity contribution in [2.75, 3.05) is 7.11 Å². The Labute approximate surface area is 162 Å². The third-order valence-electron chi connectivity index (χ3n) is 7.42. The molecule has 0 N–H and O–H groups in total. The molecular weight excluding hydrogens is 340 g/mol. The van der Waals surface area contributed by atoms with E-state index in [1.165, 1.54) is 6.42 Å². The fraction of sp³-hybridized carbons (Fsp3) is 0.727. The van der Waals surface area contributed by atoms with E-state index >= 15 is 0 Å². The molecule has 1 aliphatic carbocycles. The molecule has 148 valence electrons. The number of nitrogens with zero attached hydrogens (tertiary/aromatic N) is 2. The second kappa shape index (κ2) is 7.17. The molecule has 3 fully saturated rings. The number of pyridine rings is 1. The zero-order valence-electron chi connectivity index (χ0n) is 16.9. The van der Waals surface area contributed by atoms with Gasteiger partial charge in [0.1, 0.15) is 6.23 Å². The van der Waals surface area contributed by atoms with E-state index in [2.05, 4.69) is 18.8 Å². The fourth-order valence-electron chi connectivity index (χ4n) is 5.69. The molecule has 4 rings (SSSR count). The van der Waals surface area contributed by atoms with Crippen molar-refractivity contribution in [3.05, 3.63) is 30.1 Å². The molecule has 7 atom stereocenters. The first-order valence-corrected chi connectivity index (χ1v) is 10.4. The number of aromatic nitrogens is 1. The molecule has 0 spiro atoms. The predicted molar refractivity (Wildman–Crippen MR) is 102 cm³/mol. The Morgan fingerprint density at radius 2 is 2.07 bits per heavy atom. The van der Waals surface area contributed by atoms with Gasteiger partial charge in [-0.15, -0.1) is 0 Å². The fourth-order valence-corrected chi connectivity index (χ4v) is 5.69. The second-order valence-corrected chi connectivity index (χ2v) is 8.92. The summed E-state index contributed by atoms with van der Waals surface area (Å²) in [4.78, 5) is 19.8. The minimum absolute atomic E-state index is 0.0421. The molecule has 2 unspecified atom stereocenters. The Balaban J connectivity index is 1.73. The number of amides is 1. The third kappa shape index (κ3) is 3.29. The number of methoxy groups -OCH3 is 1. The van der Waals surface area contributed by atoms with Crippen LogP contribution in [0.3, 0.4) is 0 Å². The Morgan fingerprint density at radius 3 is 2.78 bits per heavy atom.